The van der Waals surface area contributed by atoms with E-state index in [1.165, 1.54) is 14.2 Å². The van der Waals surface area contributed by atoms with Gasteiger partial charge in [0, 0.05) is 29.4 Å². The van der Waals surface area contributed by atoms with Crippen LogP contribution in [0.3, 0.4) is 0 Å². The summed E-state index contributed by atoms with van der Waals surface area (Å²) in [5.41, 5.74) is 3.06. The molecule has 0 fully saturated rings. The summed E-state index contributed by atoms with van der Waals surface area (Å²) in [5, 5.41) is 2.81. The van der Waals surface area contributed by atoms with E-state index in [4.69, 9.17) is 9.47 Å². The van der Waals surface area contributed by atoms with Crippen molar-refractivity contribution in [3.05, 3.63) is 107 Å². The number of amides is 1. The second-order valence-corrected chi connectivity index (χ2v) is 8.53. The fourth-order valence-electron chi connectivity index (χ4n) is 3.57. The van der Waals surface area contributed by atoms with Crippen molar-refractivity contribution in [2.24, 2.45) is 5.92 Å². The van der Waals surface area contributed by atoms with Crippen LogP contribution >= 0.6 is 0 Å². The first-order chi connectivity index (χ1) is 16.9. The van der Waals surface area contributed by atoms with E-state index in [-0.39, 0.29) is 11.4 Å². The highest BCUT2D eigenvalue weighted by Gasteiger charge is 2.20. The van der Waals surface area contributed by atoms with E-state index in [2.05, 4.69) is 19.2 Å². The monoisotopic (exact) mass is 469 g/mol. The van der Waals surface area contributed by atoms with Crippen molar-refractivity contribution >= 4 is 23.5 Å². The number of carbonyl (C=O) groups is 2. The number of nitrogens with one attached hydrogen (secondary N) is 1. The van der Waals surface area contributed by atoms with Crippen LogP contribution in [0.1, 0.15) is 35.3 Å². The fraction of sp³-hybridized carbons (Fsp3) is 0.200. The summed E-state index contributed by atoms with van der Waals surface area (Å²) in [6, 6.07) is 22.2. The third-order valence-electron chi connectivity index (χ3n) is 5.31. The molecule has 0 bridgehead atoms. The number of rotatable bonds is 10. The maximum atomic E-state index is 13.4. The molecule has 3 rings (SSSR count). The van der Waals surface area contributed by atoms with Crippen molar-refractivity contribution in [3.8, 4) is 11.5 Å². The average molecular weight is 470 g/mol. The summed E-state index contributed by atoms with van der Waals surface area (Å²) in [6.07, 6.45) is 6.03. The van der Waals surface area contributed by atoms with E-state index in [1.54, 1.807) is 42.5 Å². The van der Waals surface area contributed by atoms with Crippen molar-refractivity contribution in [1.82, 2.24) is 0 Å². The predicted octanol–water partition coefficient (Wildman–Crippen LogP) is 6.36. The van der Waals surface area contributed by atoms with Crippen molar-refractivity contribution in [2.75, 3.05) is 19.5 Å². The zero-order valence-corrected chi connectivity index (χ0v) is 20.6. The van der Waals surface area contributed by atoms with Gasteiger partial charge in [-0.25, -0.2) is 0 Å². The lowest BCUT2D eigenvalue weighted by Gasteiger charge is -2.12. The summed E-state index contributed by atoms with van der Waals surface area (Å²) in [5.74, 6) is 0.698. The van der Waals surface area contributed by atoms with E-state index in [0.717, 1.165) is 17.5 Å². The molecule has 35 heavy (non-hydrogen) atoms. The van der Waals surface area contributed by atoms with Crippen LogP contribution in [0.4, 0.5) is 5.69 Å². The summed E-state index contributed by atoms with van der Waals surface area (Å²) in [6.45, 7) is 4.30. The van der Waals surface area contributed by atoms with Gasteiger partial charge in [-0.1, -0.05) is 80.6 Å². The number of carbonyl (C=O) groups excluding carboxylic acids is 2. The lowest BCUT2D eigenvalue weighted by Crippen LogP contribution is -2.21. The molecular formula is C30H31NO4. The lowest BCUT2D eigenvalue weighted by atomic mass is 9.97. The first-order valence-corrected chi connectivity index (χ1v) is 11.5. The second kappa shape index (κ2) is 12.4. The van der Waals surface area contributed by atoms with Gasteiger partial charge >= 0.3 is 0 Å². The second-order valence-electron chi connectivity index (χ2n) is 8.53. The highest BCUT2D eigenvalue weighted by Crippen LogP contribution is 2.26. The minimum Gasteiger partial charge on any atom is -0.497 e. The van der Waals surface area contributed by atoms with E-state index in [9.17, 15) is 9.59 Å². The minimum atomic E-state index is -0.519. The molecule has 1 N–H and O–H groups in total. The van der Waals surface area contributed by atoms with Crippen LogP contribution in [0.2, 0.25) is 0 Å². The fourth-order valence-corrected chi connectivity index (χ4v) is 3.57. The Labute approximate surface area is 207 Å². The zero-order chi connectivity index (χ0) is 25.2. The van der Waals surface area contributed by atoms with Gasteiger partial charge in [-0.2, -0.15) is 0 Å². The molecule has 0 saturated heterocycles. The van der Waals surface area contributed by atoms with Gasteiger partial charge in [-0.15, -0.1) is 0 Å². The summed E-state index contributed by atoms with van der Waals surface area (Å²) >= 11 is 0. The molecule has 0 aliphatic carbocycles. The Bertz CT molecular complexity index is 1190. The Kier molecular flexibility index (Phi) is 9.02. The number of hydrogen-bond acceptors (Lipinski definition) is 4. The van der Waals surface area contributed by atoms with Crippen molar-refractivity contribution in [1.29, 1.82) is 0 Å². The molecule has 180 valence electrons. The summed E-state index contributed by atoms with van der Waals surface area (Å²) in [7, 11) is 3.07. The number of ketones is 1. The number of anilines is 1. The van der Waals surface area contributed by atoms with E-state index in [1.807, 2.05) is 48.5 Å². The van der Waals surface area contributed by atoms with E-state index in [0.29, 0.717) is 28.7 Å². The maximum Gasteiger partial charge on any atom is 0.259 e. The first kappa shape index (κ1) is 25.5. The van der Waals surface area contributed by atoms with Gasteiger partial charge in [-0.05, 0) is 29.5 Å². The van der Waals surface area contributed by atoms with Crippen molar-refractivity contribution in [3.63, 3.8) is 0 Å². The first-order valence-electron chi connectivity index (χ1n) is 11.5. The van der Waals surface area contributed by atoms with E-state index >= 15 is 0 Å². The number of benzene rings is 3. The molecule has 0 radical (unpaired) electrons. The van der Waals surface area contributed by atoms with Crippen molar-refractivity contribution < 1.29 is 19.1 Å². The summed E-state index contributed by atoms with van der Waals surface area (Å²) < 4.78 is 10.6. The minimum absolute atomic E-state index is 0.0237. The molecule has 0 heterocycles. The van der Waals surface area contributed by atoms with Crippen LogP contribution in [0.5, 0.6) is 11.5 Å². The smallest absolute Gasteiger partial charge is 0.259 e. The largest absolute Gasteiger partial charge is 0.497 e. The number of ether oxygens (including phenoxy) is 2. The number of hydrogen-bond donors (Lipinski definition) is 1. The highest BCUT2D eigenvalue weighted by atomic mass is 16.5. The van der Waals surface area contributed by atoms with Crippen LogP contribution in [0, 0.1) is 5.92 Å². The van der Waals surface area contributed by atoms with Gasteiger partial charge in [-0.3, -0.25) is 9.59 Å². The predicted molar refractivity (Wildman–Crippen MR) is 141 cm³/mol. The Morgan fingerprint density at radius 2 is 1.51 bits per heavy atom. The van der Waals surface area contributed by atoms with Crippen LogP contribution < -0.4 is 14.8 Å². The van der Waals surface area contributed by atoms with Crippen LogP contribution in [0.15, 0.2) is 90.5 Å². The lowest BCUT2D eigenvalue weighted by molar-refractivity contribution is -0.112. The molecule has 0 spiro atoms. The molecule has 5 heteroatoms. The third kappa shape index (κ3) is 7.44. The van der Waals surface area contributed by atoms with Crippen molar-refractivity contribution in [2.45, 2.75) is 20.3 Å². The Balaban J connectivity index is 1.91. The van der Waals surface area contributed by atoms with Crippen LogP contribution in [-0.2, 0) is 11.2 Å². The highest BCUT2D eigenvalue weighted by molar-refractivity contribution is 6.28. The van der Waals surface area contributed by atoms with Gasteiger partial charge in [0.15, 0.2) is 5.78 Å². The Morgan fingerprint density at radius 3 is 2.09 bits per heavy atom. The van der Waals surface area contributed by atoms with Gasteiger partial charge in [0.25, 0.3) is 5.91 Å². The summed E-state index contributed by atoms with van der Waals surface area (Å²) in [4.78, 5) is 26.7. The maximum absolute atomic E-state index is 13.4. The van der Waals surface area contributed by atoms with Gasteiger partial charge in [0.2, 0.25) is 0 Å². The molecule has 0 aliphatic heterocycles. The SMILES string of the molecule is COc1cc(NC(=O)/C(=C\C=C\c2ccccc2)C(=O)c2ccc(CC(C)C)cc2)cc(OC)c1. The third-order valence-corrected chi connectivity index (χ3v) is 5.31. The normalized spacial score (nSPS) is 11.5. The molecule has 0 aliphatic rings. The molecule has 0 aromatic heterocycles. The molecule has 5 nitrogen and oxygen atoms in total. The number of Topliss-reactive ketones (excluding diaryl/α,β-unsaturated/α-hetero) is 1. The van der Waals surface area contributed by atoms with Gasteiger partial charge < -0.3 is 14.8 Å². The number of allylic oxidation sites excluding steroid dienone is 2. The molecule has 3 aromatic rings. The number of methoxy groups -OCH3 is 2. The van der Waals surface area contributed by atoms with E-state index < -0.39 is 5.91 Å². The van der Waals surface area contributed by atoms with Crippen LogP contribution in [0.25, 0.3) is 6.08 Å². The Morgan fingerprint density at radius 1 is 0.886 bits per heavy atom. The van der Waals surface area contributed by atoms with Crippen LogP contribution in [-0.4, -0.2) is 25.9 Å². The topological polar surface area (TPSA) is 64.6 Å². The molecule has 0 unspecified atom stereocenters. The molecular weight excluding hydrogens is 438 g/mol. The molecule has 0 atom stereocenters. The standard InChI is InChI=1S/C30H31NO4/c1-21(2)17-23-13-15-24(16-14-23)29(32)28(12-8-11-22-9-6-5-7-10-22)30(33)31-25-18-26(34-3)20-27(19-25)35-4/h5-16,18-21H,17H2,1-4H3,(H,31,33)/b11-8+,28-12-. The molecule has 0 saturated carbocycles. The van der Waals surface area contributed by atoms with Gasteiger partial charge in [0.05, 0.1) is 19.8 Å². The van der Waals surface area contributed by atoms with Gasteiger partial charge in [0.1, 0.15) is 11.5 Å². The zero-order valence-electron chi connectivity index (χ0n) is 20.6. The quantitative estimate of drug-likeness (QED) is 0.123. The average Bonchev–Trinajstić information content (AvgIpc) is 2.86. The molecule has 3 aromatic carbocycles. The Hall–Kier alpha value is -4.12. The molecule has 1 amide bonds.